The highest BCUT2D eigenvalue weighted by Crippen LogP contribution is 2.26. The largest absolute Gasteiger partial charge is 0.493 e. The van der Waals surface area contributed by atoms with Gasteiger partial charge in [0.1, 0.15) is 5.76 Å². The van der Waals surface area contributed by atoms with Crippen LogP contribution in [0.5, 0.6) is 0 Å². The molecule has 0 saturated carbocycles. The minimum atomic E-state index is -0.344. The number of hydrogen-bond acceptors (Lipinski definition) is 3. The first kappa shape index (κ1) is 17.7. The molecule has 0 bridgehead atoms. The van der Waals surface area contributed by atoms with Crippen LogP contribution in [0.25, 0.3) is 0 Å². The van der Waals surface area contributed by atoms with Gasteiger partial charge in [0.05, 0.1) is 6.61 Å². The molecule has 0 amide bonds. The topological polar surface area (TPSA) is 43.4 Å². The summed E-state index contributed by atoms with van der Waals surface area (Å²) in [6.07, 6.45) is 8.99. The molecule has 0 aromatic rings. The van der Waals surface area contributed by atoms with Gasteiger partial charge in [-0.2, -0.15) is 0 Å². The van der Waals surface area contributed by atoms with E-state index in [9.17, 15) is 9.59 Å². The van der Waals surface area contributed by atoms with Gasteiger partial charge >= 0.3 is 0 Å². The van der Waals surface area contributed by atoms with Gasteiger partial charge in [-0.1, -0.05) is 40.0 Å². The summed E-state index contributed by atoms with van der Waals surface area (Å²) in [5.41, 5.74) is 1.20. The molecule has 0 fully saturated rings. The van der Waals surface area contributed by atoms with Crippen LogP contribution in [0.15, 0.2) is 23.0 Å². The summed E-state index contributed by atoms with van der Waals surface area (Å²) in [7, 11) is 0. The molecule has 0 heterocycles. The van der Waals surface area contributed by atoms with Crippen LogP contribution in [0.2, 0.25) is 0 Å². The number of hydrogen-bond donors (Lipinski definition) is 0. The van der Waals surface area contributed by atoms with Crippen molar-refractivity contribution in [3.8, 4) is 0 Å². The fourth-order valence-electron chi connectivity index (χ4n) is 2.30. The highest BCUT2D eigenvalue weighted by atomic mass is 16.5. The van der Waals surface area contributed by atoms with Crippen molar-refractivity contribution in [1.29, 1.82) is 0 Å². The minimum absolute atomic E-state index is 0.322. The lowest BCUT2D eigenvalue weighted by molar-refractivity contribution is -0.132. The quantitative estimate of drug-likeness (QED) is 0.338. The van der Waals surface area contributed by atoms with Crippen molar-refractivity contribution in [3.63, 3.8) is 0 Å². The van der Waals surface area contributed by atoms with Crippen molar-refractivity contribution in [3.05, 3.63) is 23.0 Å². The Hall–Kier alpha value is -1.38. The Morgan fingerprint density at radius 2 is 1.48 bits per heavy atom. The lowest BCUT2D eigenvalue weighted by atomic mass is 9.89. The molecule has 1 aliphatic carbocycles. The maximum atomic E-state index is 12.3. The van der Waals surface area contributed by atoms with E-state index in [2.05, 4.69) is 20.8 Å². The second kappa shape index (κ2) is 9.54. The zero-order chi connectivity index (χ0) is 15.7. The van der Waals surface area contributed by atoms with E-state index in [1.54, 1.807) is 0 Å². The van der Waals surface area contributed by atoms with Crippen molar-refractivity contribution >= 4 is 11.6 Å². The minimum Gasteiger partial charge on any atom is -0.493 e. The number of rotatable bonds is 10. The van der Waals surface area contributed by atoms with E-state index in [4.69, 9.17) is 4.74 Å². The third-order valence-corrected chi connectivity index (χ3v) is 3.71. The standard InChI is InChI=1S/C18H28O3/c1-4-7-10-14-13-16(21-12-9-6-3)15(11-8-5-2)18(20)17(14)19/h13H,4-12H2,1-3H3. The van der Waals surface area contributed by atoms with E-state index in [1.165, 1.54) is 0 Å². The summed E-state index contributed by atoms with van der Waals surface area (Å²) >= 11 is 0. The van der Waals surface area contributed by atoms with Crippen molar-refractivity contribution in [2.45, 2.75) is 72.1 Å². The van der Waals surface area contributed by atoms with Gasteiger partial charge in [0.2, 0.25) is 11.6 Å². The van der Waals surface area contributed by atoms with Gasteiger partial charge in [-0.05, 0) is 38.2 Å². The number of allylic oxidation sites excluding steroid dienone is 3. The molecule has 0 aliphatic heterocycles. The number of Topliss-reactive ketones (excluding diaryl/α,β-unsaturated/α-hetero) is 2. The predicted octanol–water partition coefficient (Wildman–Crippen LogP) is 4.52. The smallest absolute Gasteiger partial charge is 0.232 e. The Kier molecular flexibility index (Phi) is 8.03. The molecule has 0 aromatic heterocycles. The zero-order valence-corrected chi connectivity index (χ0v) is 13.7. The fourth-order valence-corrected chi connectivity index (χ4v) is 2.30. The third-order valence-electron chi connectivity index (χ3n) is 3.71. The van der Waals surface area contributed by atoms with Gasteiger partial charge < -0.3 is 4.74 Å². The van der Waals surface area contributed by atoms with Crippen LogP contribution < -0.4 is 0 Å². The lowest BCUT2D eigenvalue weighted by Gasteiger charge is -2.19. The predicted molar refractivity (Wildman–Crippen MR) is 85.0 cm³/mol. The van der Waals surface area contributed by atoms with Crippen LogP contribution in [-0.2, 0) is 14.3 Å². The second-order valence-electron chi connectivity index (χ2n) is 5.58. The van der Waals surface area contributed by atoms with Crippen LogP contribution in [0.1, 0.15) is 72.1 Å². The van der Waals surface area contributed by atoms with Gasteiger partial charge in [0.25, 0.3) is 0 Å². The molecule has 0 saturated heterocycles. The summed E-state index contributed by atoms with van der Waals surface area (Å²) < 4.78 is 5.79. The molecular formula is C18H28O3. The molecule has 0 radical (unpaired) electrons. The lowest BCUT2D eigenvalue weighted by Crippen LogP contribution is -2.24. The van der Waals surface area contributed by atoms with E-state index < -0.39 is 0 Å². The number of carbonyl (C=O) groups excluding carboxylic acids is 2. The Labute approximate surface area is 128 Å². The highest BCUT2D eigenvalue weighted by molar-refractivity contribution is 6.50. The Bertz CT molecular complexity index is 430. The molecule has 0 unspecified atom stereocenters. The first-order valence-corrected chi connectivity index (χ1v) is 8.31. The normalized spacial score (nSPS) is 15.5. The van der Waals surface area contributed by atoms with Gasteiger partial charge in [-0.3, -0.25) is 9.59 Å². The summed E-state index contributed by atoms with van der Waals surface area (Å²) in [6, 6.07) is 0. The zero-order valence-electron chi connectivity index (χ0n) is 13.7. The molecule has 21 heavy (non-hydrogen) atoms. The molecule has 0 N–H and O–H groups in total. The maximum Gasteiger partial charge on any atom is 0.232 e. The van der Waals surface area contributed by atoms with Crippen molar-refractivity contribution in [2.24, 2.45) is 0 Å². The van der Waals surface area contributed by atoms with Gasteiger partial charge in [-0.15, -0.1) is 0 Å². The maximum absolute atomic E-state index is 12.3. The molecule has 1 aliphatic rings. The van der Waals surface area contributed by atoms with Crippen molar-refractivity contribution in [1.82, 2.24) is 0 Å². The highest BCUT2D eigenvalue weighted by Gasteiger charge is 2.29. The van der Waals surface area contributed by atoms with E-state index in [0.29, 0.717) is 36.4 Å². The fraction of sp³-hybridized carbons (Fsp3) is 0.667. The first-order chi connectivity index (χ1) is 10.2. The Morgan fingerprint density at radius 3 is 2.10 bits per heavy atom. The van der Waals surface area contributed by atoms with Crippen LogP contribution >= 0.6 is 0 Å². The summed E-state index contributed by atoms with van der Waals surface area (Å²) in [5, 5.41) is 0. The summed E-state index contributed by atoms with van der Waals surface area (Å²) in [6.45, 7) is 6.88. The third kappa shape index (κ3) is 5.14. The average Bonchev–Trinajstić information content (AvgIpc) is 2.49. The number of carbonyl (C=O) groups is 2. The van der Waals surface area contributed by atoms with Crippen LogP contribution in [-0.4, -0.2) is 18.2 Å². The monoisotopic (exact) mass is 292 g/mol. The molecule has 3 heteroatoms. The Balaban J connectivity index is 2.96. The van der Waals surface area contributed by atoms with Crippen molar-refractivity contribution < 1.29 is 14.3 Å². The molecular weight excluding hydrogens is 264 g/mol. The second-order valence-corrected chi connectivity index (χ2v) is 5.58. The van der Waals surface area contributed by atoms with Crippen LogP contribution in [0, 0.1) is 0 Å². The number of ketones is 2. The first-order valence-electron chi connectivity index (χ1n) is 8.31. The van der Waals surface area contributed by atoms with E-state index in [-0.39, 0.29) is 11.6 Å². The number of ether oxygens (including phenoxy) is 1. The van der Waals surface area contributed by atoms with Crippen LogP contribution in [0.4, 0.5) is 0 Å². The van der Waals surface area contributed by atoms with E-state index in [1.807, 2.05) is 6.08 Å². The van der Waals surface area contributed by atoms with Crippen LogP contribution in [0.3, 0.4) is 0 Å². The summed E-state index contributed by atoms with van der Waals surface area (Å²) in [4.78, 5) is 24.5. The molecule has 0 spiro atoms. The van der Waals surface area contributed by atoms with E-state index >= 15 is 0 Å². The molecule has 3 nitrogen and oxygen atoms in total. The van der Waals surface area contributed by atoms with Gasteiger partial charge in [0, 0.05) is 11.1 Å². The SMILES string of the molecule is CCCCOC1=C(CCCC)C(=O)C(=O)C(CCCC)=C1. The molecule has 0 atom stereocenters. The molecule has 0 aromatic carbocycles. The summed E-state index contributed by atoms with van der Waals surface area (Å²) in [5.74, 6) is -0.0199. The van der Waals surface area contributed by atoms with E-state index in [0.717, 1.165) is 38.5 Å². The Morgan fingerprint density at radius 1 is 0.857 bits per heavy atom. The van der Waals surface area contributed by atoms with Crippen molar-refractivity contribution in [2.75, 3.05) is 6.61 Å². The van der Waals surface area contributed by atoms with Gasteiger partial charge in [0.15, 0.2) is 0 Å². The molecule has 118 valence electrons. The number of unbranched alkanes of at least 4 members (excludes halogenated alkanes) is 3. The average molecular weight is 292 g/mol. The van der Waals surface area contributed by atoms with Gasteiger partial charge in [-0.25, -0.2) is 0 Å². The molecule has 1 rings (SSSR count).